The summed E-state index contributed by atoms with van der Waals surface area (Å²) in [5.74, 6) is -0.917. The van der Waals surface area contributed by atoms with Gasteiger partial charge in [0.15, 0.2) is 6.61 Å². The van der Waals surface area contributed by atoms with E-state index in [0.29, 0.717) is 11.4 Å². The number of nitrogens with zero attached hydrogens (tertiary/aromatic N) is 1. The van der Waals surface area contributed by atoms with Crippen LogP contribution in [0, 0.1) is 10.1 Å². The Bertz CT molecular complexity index is 1040. The third-order valence-corrected chi connectivity index (χ3v) is 4.04. The Morgan fingerprint density at radius 2 is 1.57 bits per heavy atom. The van der Waals surface area contributed by atoms with Gasteiger partial charge in [0.1, 0.15) is 17.9 Å². The predicted molar refractivity (Wildman–Crippen MR) is 109 cm³/mol. The summed E-state index contributed by atoms with van der Waals surface area (Å²) >= 11 is 0. The molecule has 8 nitrogen and oxygen atoms in total. The summed E-state index contributed by atoms with van der Waals surface area (Å²) < 4.78 is 10.8. The summed E-state index contributed by atoms with van der Waals surface area (Å²) in [6, 6.07) is 21.4. The van der Waals surface area contributed by atoms with Crippen LogP contribution in [0.25, 0.3) is 0 Å². The maximum atomic E-state index is 12.4. The number of anilines is 1. The molecule has 8 heteroatoms. The van der Waals surface area contributed by atoms with Gasteiger partial charge in [-0.15, -0.1) is 0 Å². The van der Waals surface area contributed by atoms with Crippen molar-refractivity contribution in [3.63, 3.8) is 0 Å². The first kappa shape index (κ1) is 20.5. The van der Waals surface area contributed by atoms with Crippen LogP contribution in [-0.4, -0.2) is 23.4 Å². The smallest absolute Gasteiger partial charge is 0.342 e. The van der Waals surface area contributed by atoms with Crippen LogP contribution in [0.2, 0.25) is 0 Å². The molecule has 0 aromatic heterocycles. The first-order valence-corrected chi connectivity index (χ1v) is 9.00. The number of rotatable bonds is 8. The van der Waals surface area contributed by atoms with Crippen LogP contribution in [-0.2, 0) is 16.1 Å². The largest absolute Gasteiger partial charge is 0.488 e. The molecule has 30 heavy (non-hydrogen) atoms. The van der Waals surface area contributed by atoms with Crippen molar-refractivity contribution in [2.24, 2.45) is 0 Å². The number of hydrogen-bond acceptors (Lipinski definition) is 6. The quantitative estimate of drug-likeness (QED) is 0.345. The SMILES string of the molecule is O=C(COC(=O)c1ccccc1OCc1ccccc1)Nc1ccc([N+](=O)[O-])cc1. The van der Waals surface area contributed by atoms with Gasteiger partial charge in [-0.1, -0.05) is 42.5 Å². The summed E-state index contributed by atoms with van der Waals surface area (Å²) in [6.07, 6.45) is 0. The Hall–Kier alpha value is -4.20. The van der Waals surface area contributed by atoms with Crippen molar-refractivity contribution < 1.29 is 24.0 Å². The van der Waals surface area contributed by atoms with Crippen LogP contribution in [0.15, 0.2) is 78.9 Å². The summed E-state index contributed by atoms with van der Waals surface area (Å²) in [4.78, 5) is 34.5. The molecule has 1 amide bonds. The summed E-state index contributed by atoms with van der Waals surface area (Å²) in [7, 11) is 0. The Balaban J connectivity index is 1.55. The number of carbonyl (C=O) groups is 2. The fourth-order valence-corrected chi connectivity index (χ4v) is 2.57. The van der Waals surface area contributed by atoms with Gasteiger partial charge in [-0.2, -0.15) is 0 Å². The number of amides is 1. The van der Waals surface area contributed by atoms with Gasteiger partial charge in [-0.25, -0.2) is 4.79 Å². The van der Waals surface area contributed by atoms with Gasteiger partial charge in [0.25, 0.3) is 11.6 Å². The van der Waals surface area contributed by atoms with E-state index in [4.69, 9.17) is 9.47 Å². The van der Waals surface area contributed by atoms with Crippen molar-refractivity contribution in [3.05, 3.63) is 100 Å². The normalized spacial score (nSPS) is 10.1. The second kappa shape index (κ2) is 9.83. The standard InChI is InChI=1S/C22H18N2O6/c25-21(23-17-10-12-18(13-11-17)24(27)28)15-30-22(26)19-8-4-5-9-20(19)29-14-16-6-2-1-3-7-16/h1-13H,14-15H2,(H,23,25). The second-order valence-electron chi connectivity index (χ2n) is 6.20. The minimum atomic E-state index is -0.697. The molecule has 0 aliphatic carbocycles. The van der Waals surface area contributed by atoms with Crippen LogP contribution < -0.4 is 10.1 Å². The maximum absolute atomic E-state index is 12.4. The van der Waals surface area contributed by atoms with Crippen LogP contribution in [0.3, 0.4) is 0 Å². The van der Waals surface area contributed by atoms with Gasteiger partial charge in [-0.3, -0.25) is 14.9 Å². The van der Waals surface area contributed by atoms with Crippen molar-refractivity contribution in [3.8, 4) is 5.75 Å². The lowest BCUT2D eigenvalue weighted by molar-refractivity contribution is -0.384. The van der Waals surface area contributed by atoms with E-state index in [0.717, 1.165) is 5.56 Å². The lowest BCUT2D eigenvalue weighted by Crippen LogP contribution is -2.21. The molecular weight excluding hydrogens is 388 g/mol. The third-order valence-electron chi connectivity index (χ3n) is 4.04. The fourth-order valence-electron chi connectivity index (χ4n) is 2.57. The highest BCUT2D eigenvalue weighted by atomic mass is 16.6. The first-order valence-electron chi connectivity index (χ1n) is 9.00. The molecule has 0 aliphatic rings. The highest BCUT2D eigenvalue weighted by molar-refractivity contribution is 5.96. The van der Waals surface area contributed by atoms with Crippen molar-refractivity contribution in [2.75, 3.05) is 11.9 Å². The monoisotopic (exact) mass is 406 g/mol. The number of carbonyl (C=O) groups excluding carboxylic acids is 2. The first-order chi connectivity index (χ1) is 14.5. The maximum Gasteiger partial charge on any atom is 0.342 e. The van der Waals surface area contributed by atoms with Crippen LogP contribution in [0.1, 0.15) is 15.9 Å². The van der Waals surface area contributed by atoms with Gasteiger partial charge < -0.3 is 14.8 Å². The van der Waals surface area contributed by atoms with E-state index in [-0.39, 0.29) is 17.9 Å². The van der Waals surface area contributed by atoms with E-state index < -0.39 is 23.4 Å². The number of nitro groups is 1. The molecule has 0 aliphatic heterocycles. The number of nitrogens with one attached hydrogen (secondary N) is 1. The summed E-state index contributed by atoms with van der Waals surface area (Å²) in [5.41, 5.74) is 1.42. The van der Waals surface area contributed by atoms with E-state index in [1.165, 1.54) is 24.3 Å². The number of non-ortho nitro benzene ring substituents is 1. The highest BCUT2D eigenvalue weighted by Gasteiger charge is 2.16. The molecular formula is C22H18N2O6. The molecule has 0 heterocycles. The third kappa shape index (κ3) is 5.65. The lowest BCUT2D eigenvalue weighted by Gasteiger charge is -2.11. The molecule has 3 aromatic carbocycles. The molecule has 1 N–H and O–H groups in total. The number of nitro benzene ring substituents is 1. The zero-order valence-electron chi connectivity index (χ0n) is 15.8. The van der Waals surface area contributed by atoms with E-state index in [1.54, 1.807) is 24.3 Å². The van der Waals surface area contributed by atoms with Gasteiger partial charge in [0.05, 0.1) is 4.92 Å². The molecule has 0 saturated carbocycles. The number of benzene rings is 3. The zero-order chi connectivity index (χ0) is 21.3. The molecule has 0 bridgehead atoms. The van der Waals surface area contributed by atoms with Gasteiger partial charge in [0.2, 0.25) is 0 Å². The van der Waals surface area contributed by atoms with E-state index in [9.17, 15) is 19.7 Å². The minimum Gasteiger partial charge on any atom is -0.488 e. The molecule has 3 rings (SSSR count). The Morgan fingerprint density at radius 1 is 0.900 bits per heavy atom. The van der Waals surface area contributed by atoms with Crippen molar-refractivity contribution in [2.45, 2.75) is 6.61 Å². The number of para-hydroxylation sites is 1. The molecule has 0 fully saturated rings. The lowest BCUT2D eigenvalue weighted by atomic mass is 10.2. The Morgan fingerprint density at radius 3 is 2.27 bits per heavy atom. The number of hydrogen-bond donors (Lipinski definition) is 1. The minimum absolute atomic E-state index is 0.0912. The van der Waals surface area contributed by atoms with E-state index >= 15 is 0 Å². The van der Waals surface area contributed by atoms with E-state index in [2.05, 4.69) is 5.32 Å². The molecule has 0 spiro atoms. The summed E-state index contributed by atoms with van der Waals surface area (Å²) in [5, 5.41) is 13.2. The zero-order valence-corrected chi connectivity index (χ0v) is 15.8. The second-order valence-corrected chi connectivity index (χ2v) is 6.20. The van der Waals surface area contributed by atoms with E-state index in [1.807, 2.05) is 30.3 Å². The Labute approximate surface area is 172 Å². The fraction of sp³-hybridized carbons (Fsp3) is 0.0909. The van der Waals surface area contributed by atoms with Gasteiger partial charge in [-0.05, 0) is 29.8 Å². The van der Waals surface area contributed by atoms with Crippen molar-refractivity contribution in [1.29, 1.82) is 0 Å². The Kier molecular flexibility index (Phi) is 6.73. The molecule has 0 unspecified atom stereocenters. The molecule has 0 radical (unpaired) electrons. The van der Waals surface area contributed by atoms with Gasteiger partial charge >= 0.3 is 5.97 Å². The highest BCUT2D eigenvalue weighted by Crippen LogP contribution is 2.20. The van der Waals surface area contributed by atoms with Crippen LogP contribution in [0.4, 0.5) is 11.4 Å². The van der Waals surface area contributed by atoms with Crippen molar-refractivity contribution >= 4 is 23.3 Å². The molecule has 152 valence electrons. The average molecular weight is 406 g/mol. The van der Waals surface area contributed by atoms with Crippen LogP contribution >= 0.6 is 0 Å². The number of esters is 1. The number of ether oxygens (including phenoxy) is 2. The van der Waals surface area contributed by atoms with Gasteiger partial charge in [0, 0.05) is 17.8 Å². The molecule has 3 aromatic rings. The molecule has 0 saturated heterocycles. The van der Waals surface area contributed by atoms with Crippen LogP contribution in [0.5, 0.6) is 5.75 Å². The summed E-state index contributed by atoms with van der Waals surface area (Å²) in [6.45, 7) is -0.228. The average Bonchev–Trinajstić information content (AvgIpc) is 2.77. The topological polar surface area (TPSA) is 108 Å². The van der Waals surface area contributed by atoms with Crippen molar-refractivity contribution in [1.82, 2.24) is 0 Å². The molecule has 0 atom stereocenters. The predicted octanol–water partition coefficient (Wildman–Crippen LogP) is 3.97.